The second-order valence-electron chi connectivity index (χ2n) is 9.43. The van der Waals surface area contributed by atoms with Gasteiger partial charge in [-0.25, -0.2) is 4.98 Å². The van der Waals surface area contributed by atoms with Crippen molar-refractivity contribution in [2.24, 2.45) is 0 Å². The van der Waals surface area contributed by atoms with Gasteiger partial charge in [0.15, 0.2) is 0 Å². The van der Waals surface area contributed by atoms with E-state index >= 15 is 0 Å². The van der Waals surface area contributed by atoms with Crippen molar-refractivity contribution in [1.82, 2.24) is 15.3 Å². The molecule has 184 valence electrons. The summed E-state index contributed by atoms with van der Waals surface area (Å²) in [7, 11) is 0. The molecule has 1 aliphatic heterocycles. The van der Waals surface area contributed by atoms with Gasteiger partial charge < -0.3 is 26.0 Å². The van der Waals surface area contributed by atoms with Gasteiger partial charge in [-0.2, -0.15) is 4.98 Å². The molecule has 34 heavy (non-hydrogen) atoms. The lowest BCUT2D eigenvalue weighted by atomic mass is 9.93. The number of hydrogen-bond donors (Lipinski definition) is 4. The van der Waals surface area contributed by atoms with Gasteiger partial charge >= 0.3 is 0 Å². The Morgan fingerprint density at radius 2 is 1.97 bits per heavy atom. The summed E-state index contributed by atoms with van der Waals surface area (Å²) in [6.07, 6.45) is 9.21. The van der Waals surface area contributed by atoms with Crippen molar-refractivity contribution in [2.45, 2.75) is 77.0 Å². The number of unbranched alkanes of at least 4 members (excludes halogenated alkanes) is 1. The van der Waals surface area contributed by atoms with E-state index < -0.39 is 0 Å². The van der Waals surface area contributed by atoms with E-state index in [2.05, 4.69) is 55.9 Å². The number of carbonyl (C=O) groups excluding carboxylic acids is 1. The zero-order valence-electron chi connectivity index (χ0n) is 20.2. The first-order valence-electron chi connectivity index (χ1n) is 12.8. The highest BCUT2D eigenvalue weighted by atomic mass is 16.3. The molecule has 2 fully saturated rings. The number of amides is 1. The third-order valence-electron chi connectivity index (χ3n) is 6.72. The highest BCUT2D eigenvalue weighted by Gasteiger charge is 2.23. The summed E-state index contributed by atoms with van der Waals surface area (Å²) in [5, 5.41) is 19.6. The third-order valence-corrected chi connectivity index (χ3v) is 6.72. The number of benzene rings is 1. The smallest absolute Gasteiger partial charge is 0.256 e. The van der Waals surface area contributed by atoms with Gasteiger partial charge in [-0.1, -0.05) is 25.5 Å². The summed E-state index contributed by atoms with van der Waals surface area (Å²) in [5.74, 6) is 0.894. The van der Waals surface area contributed by atoms with Gasteiger partial charge in [0.2, 0.25) is 5.95 Å². The Labute approximate surface area is 202 Å². The lowest BCUT2D eigenvalue weighted by molar-refractivity contribution is 0.0950. The van der Waals surface area contributed by atoms with Crippen molar-refractivity contribution in [3.63, 3.8) is 0 Å². The standard InChI is InChI=1S/C26H38N6O2/c1-2-3-13-27-26-29-18-23(24(31-26)30-20-9-11-22(33)12-10-20)25(34)28-17-19-7-6-8-21(16-19)32-14-4-5-15-32/h6-8,16,18,20,22,33H,2-5,9-15,17H2,1H3,(H,28,34)(H2,27,29,30,31). The number of nitrogens with zero attached hydrogens (tertiary/aromatic N) is 3. The van der Waals surface area contributed by atoms with Crippen molar-refractivity contribution >= 4 is 23.4 Å². The van der Waals surface area contributed by atoms with Crippen LogP contribution in [0.1, 0.15) is 74.2 Å². The predicted molar refractivity (Wildman–Crippen MR) is 136 cm³/mol. The summed E-state index contributed by atoms with van der Waals surface area (Å²) < 4.78 is 0. The molecule has 1 aliphatic carbocycles. The lowest BCUT2D eigenvalue weighted by Gasteiger charge is -2.27. The van der Waals surface area contributed by atoms with Crippen LogP contribution in [0.25, 0.3) is 0 Å². The van der Waals surface area contributed by atoms with Gasteiger partial charge in [-0.15, -0.1) is 0 Å². The fraction of sp³-hybridized carbons (Fsp3) is 0.577. The molecule has 2 aromatic rings. The first-order chi connectivity index (χ1) is 16.6. The minimum absolute atomic E-state index is 0.186. The van der Waals surface area contributed by atoms with E-state index in [0.717, 1.165) is 63.7 Å². The molecule has 0 unspecified atom stereocenters. The Bertz CT molecular complexity index is 939. The minimum Gasteiger partial charge on any atom is -0.393 e. The molecule has 0 spiro atoms. The monoisotopic (exact) mass is 466 g/mol. The van der Waals surface area contributed by atoms with E-state index in [0.29, 0.717) is 23.9 Å². The van der Waals surface area contributed by atoms with Gasteiger partial charge in [-0.05, 0) is 62.6 Å². The van der Waals surface area contributed by atoms with Crippen LogP contribution >= 0.6 is 0 Å². The number of aromatic nitrogens is 2. The van der Waals surface area contributed by atoms with Crippen molar-refractivity contribution in [2.75, 3.05) is 35.2 Å². The highest BCUT2D eigenvalue weighted by molar-refractivity contribution is 5.98. The molecule has 1 amide bonds. The van der Waals surface area contributed by atoms with E-state index in [1.54, 1.807) is 6.20 Å². The number of anilines is 3. The fourth-order valence-electron chi connectivity index (χ4n) is 4.65. The van der Waals surface area contributed by atoms with Crippen LogP contribution < -0.4 is 20.9 Å². The molecule has 0 bridgehead atoms. The minimum atomic E-state index is -0.228. The average molecular weight is 467 g/mol. The first kappa shape index (κ1) is 24.3. The van der Waals surface area contributed by atoms with Crippen LogP contribution in [-0.2, 0) is 6.54 Å². The molecule has 1 saturated carbocycles. The van der Waals surface area contributed by atoms with Crippen molar-refractivity contribution < 1.29 is 9.90 Å². The van der Waals surface area contributed by atoms with Crippen LogP contribution in [0.5, 0.6) is 0 Å². The molecule has 1 aromatic heterocycles. The maximum atomic E-state index is 13.1. The number of nitrogens with one attached hydrogen (secondary N) is 3. The highest BCUT2D eigenvalue weighted by Crippen LogP contribution is 2.24. The maximum Gasteiger partial charge on any atom is 0.256 e. The van der Waals surface area contributed by atoms with Gasteiger partial charge in [-0.3, -0.25) is 4.79 Å². The second-order valence-corrected chi connectivity index (χ2v) is 9.43. The summed E-state index contributed by atoms with van der Waals surface area (Å²) >= 11 is 0. The topological polar surface area (TPSA) is 102 Å². The van der Waals surface area contributed by atoms with E-state index in [9.17, 15) is 9.90 Å². The van der Waals surface area contributed by atoms with Gasteiger partial charge in [0.25, 0.3) is 5.91 Å². The van der Waals surface area contributed by atoms with Crippen molar-refractivity contribution in [3.8, 4) is 0 Å². The third kappa shape index (κ3) is 6.59. The van der Waals surface area contributed by atoms with E-state index in [1.165, 1.54) is 18.5 Å². The molecule has 8 nitrogen and oxygen atoms in total. The largest absolute Gasteiger partial charge is 0.393 e. The van der Waals surface area contributed by atoms with Crippen LogP contribution in [0, 0.1) is 0 Å². The SMILES string of the molecule is CCCCNc1ncc(C(=O)NCc2cccc(N3CCCC3)c2)c(NC2CCC(O)CC2)n1. The van der Waals surface area contributed by atoms with Crippen molar-refractivity contribution in [1.29, 1.82) is 0 Å². The van der Waals surface area contributed by atoms with Crippen molar-refractivity contribution in [3.05, 3.63) is 41.6 Å². The molecule has 1 saturated heterocycles. The Balaban J connectivity index is 1.44. The number of aliphatic hydroxyl groups is 1. The molecular weight excluding hydrogens is 428 g/mol. The molecule has 1 aromatic carbocycles. The van der Waals surface area contributed by atoms with Gasteiger partial charge in [0, 0.05) is 44.1 Å². The molecule has 2 heterocycles. The van der Waals surface area contributed by atoms with Crippen LogP contribution in [-0.4, -0.2) is 52.8 Å². The molecular formula is C26H38N6O2. The maximum absolute atomic E-state index is 13.1. The normalized spacial score (nSPS) is 20.2. The Hall–Kier alpha value is -2.87. The zero-order valence-corrected chi connectivity index (χ0v) is 20.2. The van der Waals surface area contributed by atoms with Crippen LogP contribution in [0.3, 0.4) is 0 Å². The Kier molecular flexibility index (Phi) is 8.57. The van der Waals surface area contributed by atoms with E-state index in [-0.39, 0.29) is 18.1 Å². The molecule has 0 atom stereocenters. The average Bonchev–Trinajstić information content (AvgIpc) is 3.40. The number of rotatable bonds is 10. The molecule has 2 aliphatic rings. The molecule has 0 radical (unpaired) electrons. The lowest BCUT2D eigenvalue weighted by Crippen LogP contribution is -2.31. The Morgan fingerprint density at radius 3 is 2.74 bits per heavy atom. The molecule has 4 N–H and O–H groups in total. The summed E-state index contributed by atoms with van der Waals surface area (Å²) in [6.45, 7) is 5.58. The van der Waals surface area contributed by atoms with Crippen LogP contribution in [0.2, 0.25) is 0 Å². The molecule has 4 rings (SSSR count). The Morgan fingerprint density at radius 1 is 1.18 bits per heavy atom. The summed E-state index contributed by atoms with van der Waals surface area (Å²) in [6, 6.07) is 8.58. The van der Waals surface area contributed by atoms with Crippen LogP contribution in [0.4, 0.5) is 17.5 Å². The molecule has 8 heteroatoms. The second kappa shape index (κ2) is 12.0. The predicted octanol–water partition coefficient (Wildman–Crippen LogP) is 3.93. The van der Waals surface area contributed by atoms with E-state index in [1.807, 2.05) is 6.07 Å². The van der Waals surface area contributed by atoms with Crippen LogP contribution in [0.15, 0.2) is 30.5 Å². The van der Waals surface area contributed by atoms with Gasteiger partial charge in [0.05, 0.1) is 6.10 Å². The summed E-state index contributed by atoms with van der Waals surface area (Å²) in [4.78, 5) is 24.6. The van der Waals surface area contributed by atoms with E-state index in [4.69, 9.17) is 0 Å². The first-order valence-corrected chi connectivity index (χ1v) is 12.8. The quantitative estimate of drug-likeness (QED) is 0.394. The van der Waals surface area contributed by atoms with Gasteiger partial charge in [0.1, 0.15) is 11.4 Å². The number of hydrogen-bond acceptors (Lipinski definition) is 7. The zero-order chi connectivity index (χ0) is 23.8. The summed E-state index contributed by atoms with van der Waals surface area (Å²) in [5.41, 5.74) is 2.74. The number of aliphatic hydroxyl groups excluding tert-OH is 1. The fourth-order valence-corrected chi connectivity index (χ4v) is 4.65. The number of carbonyl (C=O) groups is 1.